The van der Waals surface area contributed by atoms with E-state index in [-0.39, 0.29) is 6.42 Å². The van der Waals surface area contributed by atoms with Crippen molar-refractivity contribution in [1.82, 2.24) is 0 Å². The fourth-order valence-electron chi connectivity index (χ4n) is 0.727. The first-order valence-electron chi connectivity index (χ1n) is 3.72. The predicted octanol–water partition coefficient (Wildman–Crippen LogP) is 2.09. The molecule has 0 rings (SSSR count). The van der Waals surface area contributed by atoms with Crippen LogP contribution in [0.25, 0.3) is 0 Å². The Labute approximate surface area is 66.4 Å². The van der Waals surface area contributed by atoms with Crippen LogP contribution in [0.3, 0.4) is 0 Å². The summed E-state index contributed by atoms with van der Waals surface area (Å²) in [5, 5.41) is 17.2. The zero-order chi connectivity index (χ0) is 8.69. The second kappa shape index (κ2) is 5.77. The summed E-state index contributed by atoms with van der Waals surface area (Å²) in [7, 11) is 0. The van der Waals surface area contributed by atoms with Gasteiger partial charge in [0.05, 0.1) is 5.76 Å². The van der Waals surface area contributed by atoms with Gasteiger partial charge in [0, 0.05) is 12.8 Å². The fraction of sp³-hybridized carbons (Fsp3) is 0.625. The number of aliphatic hydroxyl groups excluding tert-OH is 1. The van der Waals surface area contributed by atoms with Crippen LogP contribution in [0, 0.1) is 0 Å². The molecule has 0 aromatic rings. The SMILES string of the molecule is C/C=C(/O)CCCCC(=O)O. The second-order valence-electron chi connectivity index (χ2n) is 2.38. The lowest BCUT2D eigenvalue weighted by atomic mass is 10.2. The third kappa shape index (κ3) is 6.90. The normalized spacial score (nSPS) is 11.5. The summed E-state index contributed by atoms with van der Waals surface area (Å²) < 4.78 is 0. The first-order chi connectivity index (χ1) is 5.16. The summed E-state index contributed by atoms with van der Waals surface area (Å²) >= 11 is 0. The zero-order valence-electron chi connectivity index (χ0n) is 6.71. The van der Waals surface area contributed by atoms with E-state index >= 15 is 0 Å². The van der Waals surface area contributed by atoms with Crippen LogP contribution in [-0.4, -0.2) is 16.2 Å². The minimum atomic E-state index is -0.773. The van der Waals surface area contributed by atoms with Gasteiger partial charge in [0.25, 0.3) is 0 Å². The van der Waals surface area contributed by atoms with Gasteiger partial charge in [0.2, 0.25) is 0 Å². The molecule has 0 heterocycles. The van der Waals surface area contributed by atoms with Crippen molar-refractivity contribution in [2.75, 3.05) is 0 Å². The molecule has 0 saturated carbocycles. The van der Waals surface area contributed by atoms with Crippen molar-refractivity contribution in [2.24, 2.45) is 0 Å². The maximum Gasteiger partial charge on any atom is 0.303 e. The van der Waals surface area contributed by atoms with Crippen LogP contribution < -0.4 is 0 Å². The molecule has 0 aliphatic rings. The molecule has 0 atom stereocenters. The third-order valence-corrected chi connectivity index (χ3v) is 1.41. The Morgan fingerprint density at radius 3 is 2.27 bits per heavy atom. The highest BCUT2D eigenvalue weighted by Crippen LogP contribution is 2.05. The molecule has 2 N–H and O–H groups in total. The highest BCUT2D eigenvalue weighted by Gasteiger charge is 1.97. The highest BCUT2D eigenvalue weighted by molar-refractivity contribution is 5.66. The van der Waals surface area contributed by atoms with E-state index in [0.717, 1.165) is 6.42 Å². The van der Waals surface area contributed by atoms with Crippen LogP contribution in [0.5, 0.6) is 0 Å². The van der Waals surface area contributed by atoms with Crippen molar-refractivity contribution in [3.63, 3.8) is 0 Å². The van der Waals surface area contributed by atoms with Crippen molar-refractivity contribution in [3.8, 4) is 0 Å². The number of carbonyl (C=O) groups is 1. The minimum Gasteiger partial charge on any atom is -0.513 e. The molecule has 0 aromatic heterocycles. The Hall–Kier alpha value is -0.990. The van der Waals surface area contributed by atoms with E-state index in [2.05, 4.69) is 0 Å². The van der Waals surface area contributed by atoms with Crippen molar-refractivity contribution in [1.29, 1.82) is 0 Å². The maximum absolute atomic E-state index is 10.0. The van der Waals surface area contributed by atoms with Crippen molar-refractivity contribution in [3.05, 3.63) is 11.8 Å². The molecule has 0 radical (unpaired) electrons. The lowest BCUT2D eigenvalue weighted by Gasteiger charge is -1.96. The van der Waals surface area contributed by atoms with Gasteiger partial charge in [-0.25, -0.2) is 0 Å². The summed E-state index contributed by atoms with van der Waals surface area (Å²) in [6.07, 6.45) is 3.78. The second-order valence-corrected chi connectivity index (χ2v) is 2.38. The van der Waals surface area contributed by atoms with E-state index in [4.69, 9.17) is 10.2 Å². The smallest absolute Gasteiger partial charge is 0.303 e. The zero-order valence-corrected chi connectivity index (χ0v) is 6.71. The fourth-order valence-corrected chi connectivity index (χ4v) is 0.727. The van der Waals surface area contributed by atoms with Crippen molar-refractivity contribution < 1.29 is 15.0 Å². The molecule has 0 fully saturated rings. The quantitative estimate of drug-likeness (QED) is 0.475. The third-order valence-electron chi connectivity index (χ3n) is 1.41. The number of unbranched alkanes of at least 4 members (excludes halogenated alkanes) is 1. The largest absolute Gasteiger partial charge is 0.513 e. The minimum absolute atomic E-state index is 0.191. The first-order valence-corrected chi connectivity index (χ1v) is 3.72. The Balaban J connectivity index is 3.21. The molecule has 0 amide bonds. The molecule has 0 aliphatic carbocycles. The van der Waals surface area contributed by atoms with Crippen LogP contribution >= 0.6 is 0 Å². The Morgan fingerprint density at radius 2 is 1.82 bits per heavy atom. The first kappa shape index (κ1) is 10.0. The standard InChI is InChI=1S/C8H14O3/c1-2-7(9)5-3-4-6-8(10)11/h2,9H,3-6H2,1H3,(H,10,11)/b7-2+. The van der Waals surface area contributed by atoms with Gasteiger partial charge < -0.3 is 10.2 Å². The van der Waals surface area contributed by atoms with Crippen LogP contribution in [0.4, 0.5) is 0 Å². The topological polar surface area (TPSA) is 57.5 Å². The molecular formula is C8H14O3. The monoisotopic (exact) mass is 158 g/mol. The van der Waals surface area contributed by atoms with Gasteiger partial charge in [0.15, 0.2) is 0 Å². The van der Waals surface area contributed by atoms with E-state index in [1.165, 1.54) is 0 Å². The molecule has 0 unspecified atom stereocenters. The number of hydrogen-bond donors (Lipinski definition) is 2. The number of rotatable bonds is 5. The lowest BCUT2D eigenvalue weighted by molar-refractivity contribution is -0.137. The van der Waals surface area contributed by atoms with Crippen molar-refractivity contribution in [2.45, 2.75) is 32.6 Å². The molecule has 0 saturated heterocycles. The predicted molar refractivity (Wildman–Crippen MR) is 42.5 cm³/mol. The molecular weight excluding hydrogens is 144 g/mol. The molecule has 11 heavy (non-hydrogen) atoms. The molecule has 0 aromatic carbocycles. The van der Waals surface area contributed by atoms with Crippen LogP contribution in [0.15, 0.2) is 11.8 Å². The van der Waals surface area contributed by atoms with Gasteiger partial charge in [-0.15, -0.1) is 0 Å². The number of hydrogen-bond acceptors (Lipinski definition) is 2. The van der Waals surface area contributed by atoms with Crippen LogP contribution in [0.1, 0.15) is 32.6 Å². The summed E-state index contributed by atoms with van der Waals surface area (Å²) in [5.74, 6) is -0.430. The number of aliphatic hydroxyl groups is 1. The van der Waals surface area contributed by atoms with E-state index in [9.17, 15) is 4.79 Å². The van der Waals surface area contributed by atoms with Gasteiger partial charge in [-0.2, -0.15) is 0 Å². The van der Waals surface area contributed by atoms with Crippen LogP contribution in [-0.2, 0) is 4.79 Å². The van der Waals surface area contributed by atoms with Gasteiger partial charge >= 0.3 is 5.97 Å². The molecule has 64 valence electrons. The van der Waals surface area contributed by atoms with Crippen LogP contribution in [0.2, 0.25) is 0 Å². The lowest BCUT2D eigenvalue weighted by Crippen LogP contribution is -1.93. The molecule has 3 heteroatoms. The average molecular weight is 158 g/mol. The van der Waals surface area contributed by atoms with E-state index in [0.29, 0.717) is 18.6 Å². The summed E-state index contributed by atoms with van der Waals surface area (Å²) in [6, 6.07) is 0. The number of allylic oxidation sites excluding steroid dienone is 2. The van der Waals surface area contributed by atoms with Gasteiger partial charge in [-0.1, -0.05) is 0 Å². The summed E-state index contributed by atoms with van der Waals surface area (Å²) in [6.45, 7) is 1.76. The van der Waals surface area contributed by atoms with Gasteiger partial charge in [-0.05, 0) is 25.8 Å². The number of aliphatic carboxylic acids is 1. The highest BCUT2D eigenvalue weighted by atomic mass is 16.4. The molecule has 0 bridgehead atoms. The van der Waals surface area contributed by atoms with Gasteiger partial charge in [0.1, 0.15) is 0 Å². The average Bonchev–Trinajstić information content (AvgIpc) is 1.97. The van der Waals surface area contributed by atoms with E-state index in [1.807, 2.05) is 0 Å². The summed E-state index contributed by atoms with van der Waals surface area (Å²) in [4.78, 5) is 10.0. The van der Waals surface area contributed by atoms with Crippen molar-refractivity contribution >= 4 is 5.97 Å². The number of carboxylic acid groups (broad SMARTS) is 1. The molecule has 3 nitrogen and oxygen atoms in total. The Morgan fingerprint density at radius 1 is 1.27 bits per heavy atom. The Bertz CT molecular complexity index is 149. The molecule has 0 spiro atoms. The maximum atomic E-state index is 10.0. The number of carboxylic acids is 1. The van der Waals surface area contributed by atoms with E-state index < -0.39 is 5.97 Å². The molecule has 0 aliphatic heterocycles. The summed E-state index contributed by atoms with van der Waals surface area (Å²) in [5.41, 5.74) is 0. The Kier molecular flexibility index (Phi) is 5.25. The van der Waals surface area contributed by atoms with E-state index in [1.54, 1.807) is 13.0 Å². The van der Waals surface area contributed by atoms with Gasteiger partial charge in [-0.3, -0.25) is 4.79 Å².